The van der Waals surface area contributed by atoms with Crippen molar-refractivity contribution >= 4 is 33.4 Å². The van der Waals surface area contributed by atoms with Crippen molar-refractivity contribution in [2.45, 2.75) is 23.9 Å². The molecule has 2 aromatic rings. The first-order chi connectivity index (χ1) is 9.24. The molecule has 0 saturated carbocycles. The predicted octanol–water partition coefficient (Wildman–Crippen LogP) is 2.14. The summed E-state index contributed by atoms with van der Waals surface area (Å²) in [7, 11) is -1.21. The first-order valence-electron chi connectivity index (χ1n) is 6.28. The molecule has 4 nitrogen and oxygen atoms in total. The van der Waals surface area contributed by atoms with Crippen LogP contribution in [-0.2, 0) is 10.8 Å². The van der Waals surface area contributed by atoms with Gasteiger partial charge < -0.3 is 5.32 Å². The quantitative estimate of drug-likeness (QED) is 0.942. The van der Waals surface area contributed by atoms with Crippen molar-refractivity contribution in [2.24, 2.45) is 0 Å². The fraction of sp³-hybridized carbons (Fsp3) is 0.385. The van der Waals surface area contributed by atoms with Gasteiger partial charge in [0.2, 0.25) is 0 Å². The lowest BCUT2D eigenvalue weighted by molar-refractivity contribution is 0.641. The van der Waals surface area contributed by atoms with E-state index in [2.05, 4.69) is 15.3 Å². The maximum atomic E-state index is 12.3. The third-order valence-corrected chi connectivity index (χ3v) is 5.03. The number of halogens is 1. The van der Waals surface area contributed by atoms with Gasteiger partial charge >= 0.3 is 0 Å². The molecular weight excluding hydrogens is 282 g/mol. The Labute approximate surface area is 119 Å². The molecule has 19 heavy (non-hydrogen) atoms. The molecule has 0 spiro atoms. The molecule has 1 saturated heterocycles. The van der Waals surface area contributed by atoms with Crippen LogP contribution in [0.15, 0.2) is 29.3 Å². The SMILES string of the molecule is O=[S@](C[C@H]1CCCN1)c1nc2ccccc2nc1Cl. The normalized spacial score (nSPS) is 20.8. The maximum absolute atomic E-state index is 12.3. The smallest absolute Gasteiger partial charge is 0.165 e. The van der Waals surface area contributed by atoms with Gasteiger partial charge in [-0.25, -0.2) is 9.97 Å². The molecule has 100 valence electrons. The fourth-order valence-corrected chi connectivity index (χ4v) is 3.90. The monoisotopic (exact) mass is 295 g/mol. The average Bonchev–Trinajstić information content (AvgIpc) is 2.90. The summed E-state index contributed by atoms with van der Waals surface area (Å²) >= 11 is 6.10. The number of fused-ring (bicyclic) bond motifs is 1. The lowest BCUT2D eigenvalue weighted by Crippen LogP contribution is -2.27. The van der Waals surface area contributed by atoms with Crippen molar-refractivity contribution in [3.8, 4) is 0 Å². The second-order valence-electron chi connectivity index (χ2n) is 4.61. The molecule has 1 aliphatic heterocycles. The van der Waals surface area contributed by atoms with Gasteiger partial charge in [0.15, 0.2) is 10.2 Å². The van der Waals surface area contributed by atoms with Gasteiger partial charge in [0, 0.05) is 11.8 Å². The molecule has 3 rings (SSSR count). The number of nitrogens with zero attached hydrogens (tertiary/aromatic N) is 2. The van der Waals surface area contributed by atoms with E-state index in [4.69, 9.17) is 11.6 Å². The third-order valence-electron chi connectivity index (χ3n) is 3.23. The van der Waals surface area contributed by atoms with E-state index in [9.17, 15) is 4.21 Å². The lowest BCUT2D eigenvalue weighted by atomic mass is 10.3. The standard InChI is InChI=1S/C13H14ClN3OS/c14-12-13(19(18)8-9-4-3-7-15-9)17-11-6-2-1-5-10(11)16-12/h1-2,5-6,9,15H,3-4,7-8H2/t9-,19-/m1/s1. The molecule has 0 aliphatic carbocycles. The topological polar surface area (TPSA) is 54.9 Å². The third kappa shape index (κ3) is 2.78. The van der Waals surface area contributed by atoms with E-state index in [0.717, 1.165) is 30.4 Å². The van der Waals surface area contributed by atoms with Crippen LogP contribution < -0.4 is 5.32 Å². The Kier molecular flexibility index (Phi) is 3.77. The van der Waals surface area contributed by atoms with Gasteiger partial charge in [-0.1, -0.05) is 23.7 Å². The lowest BCUT2D eigenvalue weighted by Gasteiger charge is -2.10. The summed E-state index contributed by atoms with van der Waals surface area (Å²) in [5.41, 5.74) is 1.46. The van der Waals surface area contributed by atoms with Crippen molar-refractivity contribution < 1.29 is 4.21 Å². The van der Waals surface area contributed by atoms with Gasteiger partial charge in [-0.2, -0.15) is 0 Å². The molecule has 0 amide bonds. The molecule has 1 aromatic heterocycles. The van der Waals surface area contributed by atoms with Crippen molar-refractivity contribution in [1.29, 1.82) is 0 Å². The molecular formula is C13H14ClN3OS. The van der Waals surface area contributed by atoms with Crippen LogP contribution in [0.2, 0.25) is 5.15 Å². The summed E-state index contributed by atoms with van der Waals surface area (Å²) in [4.78, 5) is 8.66. The molecule has 0 unspecified atom stereocenters. The van der Waals surface area contributed by atoms with Crippen LogP contribution in [0.5, 0.6) is 0 Å². The minimum absolute atomic E-state index is 0.245. The minimum atomic E-state index is -1.21. The molecule has 2 heterocycles. The van der Waals surface area contributed by atoms with Gasteiger partial charge in [-0.3, -0.25) is 4.21 Å². The Bertz CT molecular complexity index is 628. The number of hydrogen-bond donors (Lipinski definition) is 1. The summed E-state index contributed by atoms with van der Waals surface area (Å²) in [5.74, 6) is 0.548. The van der Waals surface area contributed by atoms with Crippen LogP contribution in [0.1, 0.15) is 12.8 Å². The van der Waals surface area contributed by atoms with E-state index >= 15 is 0 Å². The summed E-state index contributed by atoms with van der Waals surface area (Å²) in [6, 6.07) is 7.76. The fourth-order valence-electron chi connectivity index (χ4n) is 2.27. The number of benzene rings is 1. The Hall–Kier alpha value is -1.04. The zero-order valence-corrected chi connectivity index (χ0v) is 11.9. The highest BCUT2D eigenvalue weighted by atomic mass is 35.5. The van der Waals surface area contributed by atoms with E-state index in [1.807, 2.05) is 24.3 Å². The van der Waals surface area contributed by atoms with E-state index < -0.39 is 10.8 Å². The van der Waals surface area contributed by atoms with E-state index in [1.54, 1.807) is 0 Å². The van der Waals surface area contributed by atoms with Gasteiger partial charge in [-0.15, -0.1) is 0 Å². The van der Waals surface area contributed by atoms with Crippen LogP contribution in [0.25, 0.3) is 11.0 Å². The number of rotatable bonds is 3. The molecule has 2 atom stereocenters. The van der Waals surface area contributed by atoms with Crippen LogP contribution in [0.4, 0.5) is 0 Å². The van der Waals surface area contributed by atoms with Crippen LogP contribution >= 0.6 is 11.6 Å². The van der Waals surface area contributed by atoms with Crippen LogP contribution in [0, 0.1) is 0 Å². The van der Waals surface area contributed by atoms with Crippen LogP contribution in [0.3, 0.4) is 0 Å². The predicted molar refractivity (Wildman–Crippen MR) is 76.8 cm³/mol. The highest BCUT2D eigenvalue weighted by Crippen LogP contribution is 2.21. The molecule has 1 fully saturated rings. The first-order valence-corrected chi connectivity index (χ1v) is 7.98. The number of nitrogens with one attached hydrogen (secondary N) is 1. The van der Waals surface area contributed by atoms with Gasteiger partial charge in [0.05, 0.1) is 21.8 Å². The van der Waals surface area contributed by atoms with Crippen molar-refractivity contribution in [3.05, 3.63) is 29.4 Å². The molecule has 0 bridgehead atoms. The van der Waals surface area contributed by atoms with E-state index in [1.165, 1.54) is 0 Å². The summed E-state index contributed by atoms with van der Waals surface area (Å²) in [6.45, 7) is 0.999. The highest BCUT2D eigenvalue weighted by molar-refractivity contribution is 7.85. The number of para-hydroxylation sites is 2. The Balaban J connectivity index is 1.90. The Morgan fingerprint density at radius 3 is 2.74 bits per heavy atom. The molecule has 1 N–H and O–H groups in total. The van der Waals surface area contributed by atoms with E-state index in [-0.39, 0.29) is 5.15 Å². The zero-order chi connectivity index (χ0) is 13.2. The Morgan fingerprint density at radius 1 is 1.32 bits per heavy atom. The van der Waals surface area contributed by atoms with Gasteiger partial charge in [0.25, 0.3) is 0 Å². The number of aromatic nitrogens is 2. The minimum Gasteiger partial charge on any atom is -0.313 e. The summed E-state index contributed by atoms with van der Waals surface area (Å²) < 4.78 is 12.3. The Morgan fingerprint density at radius 2 is 2.05 bits per heavy atom. The molecule has 0 radical (unpaired) electrons. The molecule has 1 aliphatic rings. The van der Waals surface area contributed by atoms with Gasteiger partial charge in [0.1, 0.15) is 0 Å². The maximum Gasteiger partial charge on any atom is 0.165 e. The zero-order valence-electron chi connectivity index (χ0n) is 10.3. The van der Waals surface area contributed by atoms with Crippen molar-refractivity contribution in [3.63, 3.8) is 0 Å². The first kappa shape index (κ1) is 13.0. The largest absolute Gasteiger partial charge is 0.313 e. The van der Waals surface area contributed by atoms with Crippen molar-refractivity contribution in [1.82, 2.24) is 15.3 Å². The van der Waals surface area contributed by atoms with Crippen molar-refractivity contribution in [2.75, 3.05) is 12.3 Å². The second-order valence-corrected chi connectivity index (χ2v) is 6.38. The summed E-state index contributed by atoms with van der Waals surface area (Å²) in [5, 5.41) is 3.97. The highest BCUT2D eigenvalue weighted by Gasteiger charge is 2.21. The van der Waals surface area contributed by atoms with Gasteiger partial charge in [-0.05, 0) is 31.5 Å². The molecule has 1 aromatic carbocycles. The van der Waals surface area contributed by atoms with E-state index in [0.29, 0.717) is 16.8 Å². The average molecular weight is 296 g/mol. The van der Waals surface area contributed by atoms with Crippen LogP contribution in [-0.4, -0.2) is 32.5 Å². The second kappa shape index (κ2) is 5.53. The number of hydrogen-bond acceptors (Lipinski definition) is 4. The molecule has 6 heteroatoms. The summed E-state index contributed by atoms with van der Waals surface area (Å²) in [6.07, 6.45) is 2.20.